The highest BCUT2D eigenvalue weighted by Gasteiger charge is 2.13. The third kappa shape index (κ3) is 5.06. The number of carboxylic acids is 1. The Morgan fingerprint density at radius 1 is 1.82 bits per heavy atom. The Balaban J connectivity index is 3.44. The van der Waals surface area contributed by atoms with Gasteiger partial charge in [0.2, 0.25) is 0 Å². The molecule has 0 rings (SSSR count). The van der Waals surface area contributed by atoms with Crippen LogP contribution in [0.3, 0.4) is 0 Å². The molecule has 0 heterocycles. The van der Waals surface area contributed by atoms with Crippen molar-refractivity contribution >= 4 is 18.6 Å². The number of ether oxygens (including phenoxy) is 1. The van der Waals surface area contributed by atoms with Crippen molar-refractivity contribution in [1.82, 2.24) is 5.32 Å². The van der Waals surface area contributed by atoms with Crippen molar-refractivity contribution in [2.45, 2.75) is 13.0 Å². The van der Waals surface area contributed by atoms with Crippen LogP contribution >= 0.6 is 12.6 Å². The van der Waals surface area contributed by atoms with E-state index < -0.39 is 12.0 Å². The van der Waals surface area contributed by atoms with E-state index in [0.29, 0.717) is 6.61 Å². The number of nitrogens with one attached hydrogen (secondary N) is 1. The summed E-state index contributed by atoms with van der Waals surface area (Å²) in [5.74, 6) is -0.637. The van der Waals surface area contributed by atoms with Crippen LogP contribution in [-0.2, 0) is 9.53 Å². The normalized spacial score (nSPS) is 12.9. The van der Waals surface area contributed by atoms with Crippen molar-refractivity contribution in [2.75, 3.05) is 19.1 Å². The predicted octanol–water partition coefficient (Wildman–Crippen LogP) is -0.0470. The van der Waals surface area contributed by atoms with Gasteiger partial charge in [0.05, 0.1) is 6.73 Å². The van der Waals surface area contributed by atoms with Crippen LogP contribution in [0.15, 0.2) is 0 Å². The Hall–Kier alpha value is -0.260. The fourth-order valence-corrected chi connectivity index (χ4v) is 0.777. The molecule has 0 spiro atoms. The maximum absolute atomic E-state index is 10.4. The molecule has 0 saturated carbocycles. The van der Waals surface area contributed by atoms with Crippen LogP contribution in [0.4, 0.5) is 0 Å². The zero-order chi connectivity index (χ0) is 8.69. The lowest BCUT2D eigenvalue weighted by atomic mass is 10.3. The van der Waals surface area contributed by atoms with E-state index in [2.05, 4.69) is 17.9 Å². The van der Waals surface area contributed by atoms with Gasteiger partial charge in [0.15, 0.2) is 0 Å². The molecule has 1 atom stereocenters. The molecule has 5 heteroatoms. The molecule has 0 amide bonds. The molecular weight excluding hydrogens is 166 g/mol. The summed E-state index contributed by atoms with van der Waals surface area (Å²) in [5.41, 5.74) is 0. The predicted molar refractivity (Wildman–Crippen MR) is 44.9 cm³/mol. The average molecular weight is 179 g/mol. The number of aliphatic carboxylic acids is 1. The number of carbonyl (C=O) groups is 1. The first-order chi connectivity index (χ1) is 5.22. The first-order valence-corrected chi connectivity index (χ1v) is 4.00. The highest BCUT2D eigenvalue weighted by Crippen LogP contribution is 1.87. The second-order valence-electron chi connectivity index (χ2n) is 1.91. The highest BCUT2D eigenvalue weighted by atomic mass is 32.1. The molecule has 11 heavy (non-hydrogen) atoms. The summed E-state index contributed by atoms with van der Waals surface area (Å²) in [4.78, 5) is 10.4. The van der Waals surface area contributed by atoms with Gasteiger partial charge in [0, 0.05) is 12.4 Å². The molecule has 0 fully saturated rings. The van der Waals surface area contributed by atoms with Crippen molar-refractivity contribution in [1.29, 1.82) is 0 Å². The van der Waals surface area contributed by atoms with Crippen LogP contribution in [0.2, 0.25) is 0 Å². The number of thiol groups is 1. The van der Waals surface area contributed by atoms with Gasteiger partial charge in [-0.2, -0.15) is 12.6 Å². The maximum atomic E-state index is 10.4. The van der Waals surface area contributed by atoms with E-state index in [1.165, 1.54) is 0 Å². The molecule has 0 aliphatic rings. The summed E-state index contributed by atoms with van der Waals surface area (Å²) in [6.45, 7) is 2.68. The van der Waals surface area contributed by atoms with Crippen LogP contribution in [-0.4, -0.2) is 36.2 Å². The molecule has 0 saturated heterocycles. The Bertz CT molecular complexity index is 120. The molecular formula is C6H13NO3S. The molecule has 66 valence electrons. The van der Waals surface area contributed by atoms with Crippen molar-refractivity contribution < 1.29 is 14.6 Å². The van der Waals surface area contributed by atoms with E-state index in [4.69, 9.17) is 9.84 Å². The number of rotatable bonds is 6. The van der Waals surface area contributed by atoms with Crippen LogP contribution in [0, 0.1) is 0 Å². The number of hydrogen-bond acceptors (Lipinski definition) is 4. The van der Waals surface area contributed by atoms with E-state index >= 15 is 0 Å². The molecule has 0 aliphatic carbocycles. The van der Waals surface area contributed by atoms with Crippen molar-refractivity contribution in [3.8, 4) is 0 Å². The lowest BCUT2D eigenvalue weighted by Gasteiger charge is -2.10. The summed E-state index contributed by atoms with van der Waals surface area (Å²) in [6, 6.07) is -0.620. The Morgan fingerprint density at radius 2 is 2.45 bits per heavy atom. The van der Waals surface area contributed by atoms with Gasteiger partial charge < -0.3 is 9.84 Å². The van der Waals surface area contributed by atoms with Crippen LogP contribution in [0.25, 0.3) is 0 Å². The van der Waals surface area contributed by atoms with Gasteiger partial charge in [-0.15, -0.1) is 0 Å². The largest absolute Gasteiger partial charge is 0.480 e. The van der Waals surface area contributed by atoms with Crippen LogP contribution in [0.5, 0.6) is 0 Å². The minimum Gasteiger partial charge on any atom is -0.480 e. The Kier molecular flexibility index (Phi) is 6.30. The van der Waals surface area contributed by atoms with Crippen LogP contribution in [0.1, 0.15) is 6.92 Å². The smallest absolute Gasteiger partial charge is 0.321 e. The Labute approximate surface area is 71.3 Å². The molecule has 0 radical (unpaired) electrons. The molecule has 2 N–H and O–H groups in total. The summed E-state index contributed by atoms with van der Waals surface area (Å²) in [5, 5.41) is 11.2. The Morgan fingerprint density at radius 3 is 2.82 bits per heavy atom. The standard InChI is InChI=1S/C6H13NO3S/c1-2-10-4-7-5(3-11)6(8)9/h5,7,11H,2-4H2,1H3,(H,8,9). The summed E-state index contributed by atoms with van der Waals surface area (Å²) < 4.78 is 4.91. The van der Waals surface area contributed by atoms with E-state index in [9.17, 15) is 4.79 Å². The first kappa shape index (κ1) is 10.7. The zero-order valence-corrected chi connectivity index (χ0v) is 7.30. The minimum absolute atomic E-state index is 0.258. The number of hydrogen-bond donors (Lipinski definition) is 3. The third-order valence-corrected chi connectivity index (χ3v) is 1.48. The van der Waals surface area contributed by atoms with Gasteiger partial charge in [-0.3, -0.25) is 10.1 Å². The lowest BCUT2D eigenvalue weighted by molar-refractivity contribution is -0.139. The quantitative estimate of drug-likeness (QED) is 0.304. The van der Waals surface area contributed by atoms with E-state index in [0.717, 1.165) is 0 Å². The second kappa shape index (κ2) is 6.45. The monoisotopic (exact) mass is 179 g/mol. The fraction of sp³-hybridized carbons (Fsp3) is 0.833. The van der Waals surface area contributed by atoms with E-state index in [1.807, 2.05) is 6.92 Å². The molecule has 0 aromatic heterocycles. The van der Waals surface area contributed by atoms with Crippen molar-refractivity contribution in [3.05, 3.63) is 0 Å². The van der Waals surface area contributed by atoms with Gasteiger partial charge in [-0.05, 0) is 6.92 Å². The molecule has 4 nitrogen and oxygen atoms in total. The first-order valence-electron chi connectivity index (χ1n) is 3.37. The van der Waals surface area contributed by atoms with Gasteiger partial charge in [0.25, 0.3) is 0 Å². The molecule has 0 aliphatic heterocycles. The second-order valence-corrected chi connectivity index (χ2v) is 2.28. The van der Waals surface area contributed by atoms with Crippen molar-refractivity contribution in [2.24, 2.45) is 0 Å². The van der Waals surface area contributed by atoms with Gasteiger partial charge in [-0.1, -0.05) is 0 Å². The average Bonchev–Trinajstić information content (AvgIpc) is 1.97. The summed E-state index contributed by atoms with van der Waals surface area (Å²) >= 11 is 3.86. The zero-order valence-electron chi connectivity index (χ0n) is 6.41. The third-order valence-electron chi connectivity index (χ3n) is 1.12. The SMILES string of the molecule is CCOCNC(CS)C(=O)O. The highest BCUT2D eigenvalue weighted by molar-refractivity contribution is 7.80. The molecule has 0 aromatic rings. The maximum Gasteiger partial charge on any atom is 0.321 e. The summed E-state index contributed by atoms with van der Waals surface area (Å²) in [6.07, 6.45) is 0. The topological polar surface area (TPSA) is 58.6 Å². The number of carboxylic acid groups (broad SMARTS) is 1. The molecule has 1 unspecified atom stereocenters. The van der Waals surface area contributed by atoms with Crippen LogP contribution < -0.4 is 5.32 Å². The fourth-order valence-electron chi connectivity index (χ4n) is 0.492. The van der Waals surface area contributed by atoms with E-state index in [-0.39, 0.29) is 12.5 Å². The van der Waals surface area contributed by atoms with Gasteiger partial charge in [-0.25, -0.2) is 0 Å². The van der Waals surface area contributed by atoms with E-state index in [1.54, 1.807) is 0 Å². The van der Waals surface area contributed by atoms with Crippen molar-refractivity contribution in [3.63, 3.8) is 0 Å². The summed E-state index contributed by atoms with van der Waals surface area (Å²) in [7, 11) is 0. The molecule has 0 bridgehead atoms. The minimum atomic E-state index is -0.903. The van der Waals surface area contributed by atoms with Gasteiger partial charge in [0.1, 0.15) is 6.04 Å². The van der Waals surface area contributed by atoms with Gasteiger partial charge >= 0.3 is 5.97 Å². The lowest BCUT2D eigenvalue weighted by Crippen LogP contribution is -2.39. The molecule has 0 aromatic carbocycles.